The molecule has 2 rings (SSSR count). The van der Waals surface area contributed by atoms with Crippen molar-refractivity contribution in [1.29, 1.82) is 0 Å². The molecule has 1 aliphatic heterocycles. The number of halogens is 1. The molecule has 0 saturated carbocycles. The first-order chi connectivity index (χ1) is 9.65. The van der Waals surface area contributed by atoms with E-state index in [1.54, 1.807) is 6.07 Å². The molecule has 0 aromatic heterocycles. The maximum absolute atomic E-state index is 13.0. The highest BCUT2D eigenvalue weighted by atomic mass is 19.1. The van der Waals surface area contributed by atoms with Gasteiger partial charge in [0.1, 0.15) is 5.82 Å². The van der Waals surface area contributed by atoms with Gasteiger partial charge >= 0.3 is 0 Å². The Hall–Kier alpha value is -0.970. The Morgan fingerprint density at radius 2 is 2.10 bits per heavy atom. The number of aliphatic hydroxyl groups is 1. The van der Waals surface area contributed by atoms with Gasteiger partial charge in [0.15, 0.2) is 0 Å². The lowest BCUT2D eigenvalue weighted by Gasteiger charge is -2.29. The van der Waals surface area contributed by atoms with E-state index in [1.165, 1.54) is 6.07 Å². The van der Waals surface area contributed by atoms with Crippen LogP contribution in [0.3, 0.4) is 0 Å². The van der Waals surface area contributed by atoms with E-state index in [-0.39, 0.29) is 11.9 Å². The van der Waals surface area contributed by atoms with Crippen LogP contribution in [-0.4, -0.2) is 42.3 Å². The minimum atomic E-state index is -0.168. The zero-order chi connectivity index (χ0) is 14.4. The van der Waals surface area contributed by atoms with Gasteiger partial charge in [0, 0.05) is 19.6 Å². The normalized spacial score (nSPS) is 17.6. The van der Waals surface area contributed by atoms with Crippen molar-refractivity contribution < 1.29 is 9.50 Å². The molecule has 0 aliphatic carbocycles. The molecule has 2 N–H and O–H groups in total. The average Bonchev–Trinajstić information content (AvgIpc) is 2.42. The predicted molar refractivity (Wildman–Crippen MR) is 79.1 cm³/mol. The Balaban J connectivity index is 1.59. The van der Waals surface area contributed by atoms with Gasteiger partial charge in [-0.25, -0.2) is 4.39 Å². The average molecular weight is 280 g/mol. The summed E-state index contributed by atoms with van der Waals surface area (Å²) in [5, 5.41) is 12.9. The van der Waals surface area contributed by atoms with E-state index in [4.69, 9.17) is 0 Å². The van der Waals surface area contributed by atoms with Gasteiger partial charge in [-0.1, -0.05) is 6.07 Å². The third kappa shape index (κ3) is 4.85. The molecule has 0 radical (unpaired) electrons. The van der Waals surface area contributed by atoms with Gasteiger partial charge in [-0.3, -0.25) is 0 Å². The Kier molecular flexibility index (Phi) is 5.95. The van der Waals surface area contributed by atoms with Crippen molar-refractivity contribution in [1.82, 2.24) is 10.2 Å². The van der Waals surface area contributed by atoms with Crippen LogP contribution in [-0.2, 0) is 6.54 Å². The summed E-state index contributed by atoms with van der Waals surface area (Å²) < 4.78 is 13.0. The number of nitrogens with zero attached hydrogens (tertiary/aromatic N) is 1. The highest BCUT2D eigenvalue weighted by Gasteiger charge is 2.15. The first-order valence-electron chi connectivity index (χ1n) is 7.51. The monoisotopic (exact) mass is 280 g/mol. The zero-order valence-electron chi connectivity index (χ0n) is 12.2. The zero-order valence-corrected chi connectivity index (χ0v) is 12.2. The molecule has 0 unspecified atom stereocenters. The molecule has 112 valence electrons. The molecular formula is C16H25FN2O. The van der Waals surface area contributed by atoms with Gasteiger partial charge < -0.3 is 15.3 Å². The van der Waals surface area contributed by atoms with E-state index in [0.29, 0.717) is 0 Å². The second kappa shape index (κ2) is 7.72. The minimum Gasteiger partial charge on any atom is -0.393 e. The number of hydrogen-bond donors (Lipinski definition) is 2. The molecule has 0 spiro atoms. The number of nitrogens with one attached hydrogen (secondary N) is 1. The molecule has 1 fully saturated rings. The van der Waals surface area contributed by atoms with E-state index >= 15 is 0 Å². The van der Waals surface area contributed by atoms with Gasteiger partial charge in [-0.05, 0) is 62.5 Å². The number of aryl methyl sites for hydroxylation is 1. The lowest BCUT2D eigenvalue weighted by molar-refractivity contribution is 0.0821. The van der Waals surface area contributed by atoms with Gasteiger partial charge in [-0.15, -0.1) is 0 Å². The molecule has 1 aromatic carbocycles. The molecule has 20 heavy (non-hydrogen) atoms. The molecule has 0 bridgehead atoms. The summed E-state index contributed by atoms with van der Waals surface area (Å²) in [5.41, 5.74) is 2.16. The smallest absolute Gasteiger partial charge is 0.123 e. The van der Waals surface area contributed by atoms with Crippen LogP contribution >= 0.6 is 0 Å². The van der Waals surface area contributed by atoms with Crippen molar-refractivity contribution in [3.63, 3.8) is 0 Å². The van der Waals surface area contributed by atoms with E-state index in [2.05, 4.69) is 10.2 Å². The molecule has 1 aromatic rings. The lowest BCUT2D eigenvalue weighted by atomic mass is 10.1. The van der Waals surface area contributed by atoms with Crippen molar-refractivity contribution in [3.8, 4) is 0 Å². The number of rotatable bonds is 6. The summed E-state index contributed by atoms with van der Waals surface area (Å²) in [6.07, 6.45) is 2.83. The summed E-state index contributed by atoms with van der Waals surface area (Å²) in [6, 6.07) is 4.95. The topological polar surface area (TPSA) is 35.5 Å². The molecule has 1 saturated heterocycles. The second-order valence-electron chi connectivity index (χ2n) is 5.67. The molecule has 1 heterocycles. The van der Waals surface area contributed by atoms with E-state index < -0.39 is 0 Å². The van der Waals surface area contributed by atoms with E-state index in [1.807, 2.05) is 13.0 Å². The fourth-order valence-corrected chi connectivity index (χ4v) is 2.65. The maximum Gasteiger partial charge on any atom is 0.123 e. The highest BCUT2D eigenvalue weighted by Crippen LogP contribution is 2.11. The molecule has 3 nitrogen and oxygen atoms in total. The van der Waals surface area contributed by atoms with Crippen molar-refractivity contribution in [2.45, 2.75) is 38.8 Å². The first-order valence-corrected chi connectivity index (χ1v) is 7.51. The second-order valence-corrected chi connectivity index (χ2v) is 5.67. The van der Waals surface area contributed by atoms with Gasteiger partial charge in [0.05, 0.1) is 6.10 Å². The van der Waals surface area contributed by atoms with Crippen molar-refractivity contribution in [2.75, 3.05) is 26.2 Å². The maximum atomic E-state index is 13.0. The standard InChI is InChI=1S/C16H25FN2O/c1-13-11-15(17)4-3-14(13)12-18-7-2-8-19-9-5-16(20)6-10-19/h3-4,11,16,18,20H,2,5-10,12H2,1H3. The van der Waals surface area contributed by atoms with Crippen molar-refractivity contribution in [3.05, 3.63) is 35.1 Å². The van der Waals surface area contributed by atoms with Gasteiger partial charge in [0.2, 0.25) is 0 Å². The molecular weight excluding hydrogens is 255 g/mol. The molecule has 1 aliphatic rings. The van der Waals surface area contributed by atoms with Crippen LogP contribution in [0.1, 0.15) is 30.4 Å². The quantitative estimate of drug-likeness (QED) is 0.783. The Morgan fingerprint density at radius 3 is 2.80 bits per heavy atom. The van der Waals surface area contributed by atoms with Crippen LogP contribution in [0, 0.1) is 12.7 Å². The summed E-state index contributed by atoms with van der Waals surface area (Å²) in [7, 11) is 0. The van der Waals surface area contributed by atoms with Gasteiger partial charge in [0.25, 0.3) is 0 Å². The third-order valence-electron chi connectivity index (χ3n) is 4.01. The van der Waals surface area contributed by atoms with Crippen LogP contribution < -0.4 is 5.32 Å². The number of likely N-dealkylation sites (tertiary alicyclic amines) is 1. The Bertz CT molecular complexity index is 417. The van der Waals surface area contributed by atoms with Crippen molar-refractivity contribution >= 4 is 0 Å². The Morgan fingerprint density at radius 1 is 1.35 bits per heavy atom. The minimum absolute atomic E-state index is 0.0918. The number of benzene rings is 1. The van der Waals surface area contributed by atoms with E-state index in [0.717, 1.165) is 63.1 Å². The van der Waals surface area contributed by atoms with Crippen LogP contribution in [0.15, 0.2) is 18.2 Å². The van der Waals surface area contributed by atoms with Crippen LogP contribution in [0.2, 0.25) is 0 Å². The number of aliphatic hydroxyl groups excluding tert-OH is 1. The van der Waals surface area contributed by atoms with Crippen LogP contribution in [0.4, 0.5) is 4.39 Å². The molecule has 0 atom stereocenters. The highest BCUT2D eigenvalue weighted by molar-refractivity contribution is 5.26. The summed E-state index contributed by atoms with van der Waals surface area (Å²) >= 11 is 0. The number of hydrogen-bond acceptors (Lipinski definition) is 3. The van der Waals surface area contributed by atoms with Crippen molar-refractivity contribution in [2.24, 2.45) is 0 Å². The first kappa shape index (κ1) is 15.4. The van der Waals surface area contributed by atoms with Crippen LogP contribution in [0.5, 0.6) is 0 Å². The fourth-order valence-electron chi connectivity index (χ4n) is 2.65. The van der Waals surface area contributed by atoms with Gasteiger partial charge in [-0.2, -0.15) is 0 Å². The summed E-state index contributed by atoms with van der Waals surface area (Å²) in [6.45, 7) is 6.82. The largest absolute Gasteiger partial charge is 0.393 e. The SMILES string of the molecule is Cc1cc(F)ccc1CNCCCN1CCC(O)CC1. The molecule has 4 heteroatoms. The summed E-state index contributed by atoms with van der Waals surface area (Å²) in [5.74, 6) is -0.168. The lowest BCUT2D eigenvalue weighted by Crippen LogP contribution is -2.37. The predicted octanol–water partition coefficient (Wildman–Crippen LogP) is 2.07. The third-order valence-corrected chi connectivity index (χ3v) is 4.01. The molecule has 0 amide bonds. The van der Waals surface area contributed by atoms with Crippen LogP contribution in [0.25, 0.3) is 0 Å². The Labute approximate surface area is 120 Å². The number of piperidine rings is 1. The fraction of sp³-hybridized carbons (Fsp3) is 0.625. The van der Waals surface area contributed by atoms with E-state index in [9.17, 15) is 9.50 Å². The summed E-state index contributed by atoms with van der Waals surface area (Å²) in [4.78, 5) is 2.41.